The standard InChI is InChI=1S/C16H16F2N4S2/c17-11-3-1-5-13(9-11)21-15(23)19-7-8-20-16(24)22-14-6-2-4-12(18)10-14/h1-6,9-10H,7-8H2,(H2,19,21,23)(H2,20,22,24). The lowest BCUT2D eigenvalue weighted by atomic mass is 10.3. The summed E-state index contributed by atoms with van der Waals surface area (Å²) in [6.07, 6.45) is 0. The average molecular weight is 366 g/mol. The Hall–Kier alpha value is -2.32. The van der Waals surface area contributed by atoms with Crippen LogP contribution in [0.3, 0.4) is 0 Å². The van der Waals surface area contributed by atoms with Gasteiger partial charge in [0.15, 0.2) is 10.2 Å². The minimum Gasteiger partial charge on any atom is -0.361 e. The van der Waals surface area contributed by atoms with E-state index in [0.29, 0.717) is 34.7 Å². The highest BCUT2D eigenvalue weighted by Gasteiger charge is 2.00. The van der Waals surface area contributed by atoms with Gasteiger partial charge in [-0.05, 0) is 60.8 Å². The van der Waals surface area contributed by atoms with Gasteiger partial charge in [0.1, 0.15) is 11.6 Å². The van der Waals surface area contributed by atoms with Gasteiger partial charge in [0.05, 0.1) is 0 Å². The van der Waals surface area contributed by atoms with Crippen molar-refractivity contribution < 1.29 is 8.78 Å². The Morgan fingerprint density at radius 3 is 1.54 bits per heavy atom. The number of halogens is 2. The zero-order valence-electron chi connectivity index (χ0n) is 12.6. The van der Waals surface area contributed by atoms with Crippen LogP contribution < -0.4 is 21.3 Å². The Kier molecular flexibility index (Phi) is 6.83. The number of rotatable bonds is 5. The highest BCUT2D eigenvalue weighted by Crippen LogP contribution is 2.09. The molecule has 0 heterocycles. The third-order valence-electron chi connectivity index (χ3n) is 2.86. The number of anilines is 2. The van der Waals surface area contributed by atoms with E-state index in [1.165, 1.54) is 24.3 Å². The Bertz CT molecular complexity index is 663. The smallest absolute Gasteiger partial charge is 0.170 e. The van der Waals surface area contributed by atoms with Gasteiger partial charge in [-0.2, -0.15) is 0 Å². The molecule has 2 aromatic carbocycles. The van der Waals surface area contributed by atoms with Crippen molar-refractivity contribution in [1.29, 1.82) is 0 Å². The monoisotopic (exact) mass is 366 g/mol. The van der Waals surface area contributed by atoms with Gasteiger partial charge in [0, 0.05) is 24.5 Å². The zero-order valence-corrected chi connectivity index (χ0v) is 14.2. The number of hydrogen-bond acceptors (Lipinski definition) is 2. The largest absolute Gasteiger partial charge is 0.361 e. The topological polar surface area (TPSA) is 48.1 Å². The van der Waals surface area contributed by atoms with Crippen molar-refractivity contribution in [3.8, 4) is 0 Å². The van der Waals surface area contributed by atoms with Crippen LogP contribution in [0.2, 0.25) is 0 Å². The molecule has 0 atom stereocenters. The molecule has 0 bridgehead atoms. The minimum absolute atomic E-state index is 0.335. The number of hydrogen-bond donors (Lipinski definition) is 4. The second kappa shape index (κ2) is 9.09. The van der Waals surface area contributed by atoms with Crippen LogP contribution in [0.15, 0.2) is 48.5 Å². The van der Waals surface area contributed by atoms with Crippen LogP contribution in [-0.2, 0) is 0 Å². The van der Waals surface area contributed by atoms with Crippen molar-refractivity contribution in [3.05, 3.63) is 60.2 Å². The van der Waals surface area contributed by atoms with Gasteiger partial charge in [-0.3, -0.25) is 0 Å². The zero-order chi connectivity index (χ0) is 17.4. The molecule has 0 saturated carbocycles. The molecule has 0 radical (unpaired) electrons. The Labute approximate surface area is 149 Å². The minimum atomic E-state index is -0.335. The molecule has 4 N–H and O–H groups in total. The summed E-state index contributed by atoms with van der Waals surface area (Å²) in [4.78, 5) is 0. The van der Waals surface area contributed by atoms with Crippen molar-refractivity contribution in [2.45, 2.75) is 0 Å². The van der Waals surface area contributed by atoms with Crippen LogP contribution in [-0.4, -0.2) is 23.3 Å². The highest BCUT2D eigenvalue weighted by molar-refractivity contribution is 7.80. The molecule has 0 spiro atoms. The van der Waals surface area contributed by atoms with E-state index >= 15 is 0 Å². The molecule has 0 aliphatic carbocycles. The van der Waals surface area contributed by atoms with Crippen LogP contribution in [0.4, 0.5) is 20.2 Å². The van der Waals surface area contributed by atoms with E-state index in [1.54, 1.807) is 24.3 Å². The average Bonchev–Trinajstić information content (AvgIpc) is 2.51. The van der Waals surface area contributed by atoms with Crippen molar-refractivity contribution in [2.75, 3.05) is 23.7 Å². The van der Waals surface area contributed by atoms with E-state index in [4.69, 9.17) is 24.4 Å². The molecule has 2 aromatic rings. The van der Waals surface area contributed by atoms with Crippen molar-refractivity contribution >= 4 is 46.0 Å². The van der Waals surface area contributed by atoms with E-state index in [-0.39, 0.29) is 11.6 Å². The van der Waals surface area contributed by atoms with E-state index < -0.39 is 0 Å². The molecule has 0 fully saturated rings. The summed E-state index contributed by atoms with van der Waals surface area (Å²) in [7, 11) is 0. The predicted octanol–water partition coefficient (Wildman–Crippen LogP) is 3.24. The molecule has 0 aliphatic rings. The number of nitrogens with one attached hydrogen (secondary N) is 4. The predicted molar refractivity (Wildman–Crippen MR) is 101 cm³/mol. The van der Waals surface area contributed by atoms with Crippen LogP contribution in [0.25, 0.3) is 0 Å². The summed E-state index contributed by atoms with van der Waals surface area (Å²) >= 11 is 10.2. The fourth-order valence-electron chi connectivity index (χ4n) is 1.84. The lowest BCUT2D eigenvalue weighted by molar-refractivity contribution is 0.628. The Morgan fingerprint density at radius 1 is 0.750 bits per heavy atom. The summed E-state index contributed by atoms with van der Waals surface area (Å²) < 4.78 is 26.1. The van der Waals surface area contributed by atoms with Crippen LogP contribution in [0.5, 0.6) is 0 Å². The molecule has 0 amide bonds. The molecule has 4 nitrogen and oxygen atoms in total. The van der Waals surface area contributed by atoms with Gasteiger partial charge in [-0.1, -0.05) is 12.1 Å². The van der Waals surface area contributed by atoms with Crippen molar-refractivity contribution in [1.82, 2.24) is 10.6 Å². The SMILES string of the molecule is Fc1cccc(NC(=S)NCCNC(=S)Nc2cccc(F)c2)c1. The van der Waals surface area contributed by atoms with Gasteiger partial charge < -0.3 is 21.3 Å². The molecule has 0 saturated heterocycles. The maximum absolute atomic E-state index is 13.1. The Morgan fingerprint density at radius 2 is 1.17 bits per heavy atom. The summed E-state index contributed by atoms with van der Waals surface area (Å²) in [6, 6.07) is 12.0. The number of benzene rings is 2. The van der Waals surface area contributed by atoms with E-state index in [2.05, 4.69) is 21.3 Å². The second-order valence-corrected chi connectivity index (χ2v) is 5.60. The number of thiocarbonyl (C=S) groups is 2. The second-order valence-electron chi connectivity index (χ2n) is 4.78. The quantitative estimate of drug-likeness (QED) is 0.482. The Balaban J connectivity index is 1.65. The molecule has 8 heteroatoms. The summed E-state index contributed by atoms with van der Waals surface area (Å²) in [5.41, 5.74) is 1.15. The third kappa shape index (κ3) is 6.43. The fourth-order valence-corrected chi connectivity index (χ4v) is 2.27. The normalized spacial score (nSPS) is 9.92. The first-order chi connectivity index (χ1) is 11.5. The molecular weight excluding hydrogens is 350 g/mol. The summed E-state index contributed by atoms with van der Waals surface area (Å²) in [6.45, 7) is 1.01. The molecular formula is C16H16F2N4S2. The molecule has 2 rings (SSSR count). The van der Waals surface area contributed by atoms with Gasteiger partial charge in [0.2, 0.25) is 0 Å². The summed E-state index contributed by atoms with van der Waals surface area (Å²) in [5.74, 6) is -0.670. The lowest BCUT2D eigenvalue weighted by Gasteiger charge is -2.13. The van der Waals surface area contributed by atoms with Crippen molar-refractivity contribution in [2.24, 2.45) is 0 Å². The highest BCUT2D eigenvalue weighted by atomic mass is 32.1. The molecule has 24 heavy (non-hydrogen) atoms. The molecule has 0 aliphatic heterocycles. The van der Waals surface area contributed by atoms with Gasteiger partial charge >= 0.3 is 0 Å². The van der Waals surface area contributed by atoms with E-state index in [0.717, 1.165) is 0 Å². The van der Waals surface area contributed by atoms with Gasteiger partial charge in [0.25, 0.3) is 0 Å². The van der Waals surface area contributed by atoms with Crippen molar-refractivity contribution in [3.63, 3.8) is 0 Å². The first-order valence-electron chi connectivity index (χ1n) is 7.14. The fraction of sp³-hybridized carbons (Fsp3) is 0.125. The summed E-state index contributed by atoms with van der Waals surface area (Å²) in [5, 5.41) is 12.5. The maximum atomic E-state index is 13.1. The van der Waals surface area contributed by atoms with E-state index in [9.17, 15) is 8.78 Å². The molecule has 0 aromatic heterocycles. The van der Waals surface area contributed by atoms with Crippen LogP contribution >= 0.6 is 24.4 Å². The van der Waals surface area contributed by atoms with Crippen LogP contribution in [0.1, 0.15) is 0 Å². The van der Waals surface area contributed by atoms with E-state index in [1.807, 2.05) is 0 Å². The third-order valence-corrected chi connectivity index (χ3v) is 3.35. The van der Waals surface area contributed by atoms with Crippen LogP contribution in [0, 0.1) is 11.6 Å². The first-order valence-corrected chi connectivity index (χ1v) is 7.95. The van der Waals surface area contributed by atoms with Gasteiger partial charge in [-0.25, -0.2) is 8.78 Å². The lowest BCUT2D eigenvalue weighted by Crippen LogP contribution is -2.38. The molecule has 126 valence electrons. The first kappa shape index (κ1) is 18.0. The van der Waals surface area contributed by atoms with Gasteiger partial charge in [-0.15, -0.1) is 0 Å². The molecule has 0 unspecified atom stereocenters. The maximum Gasteiger partial charge on any atom is 0.170 e.